The maximum absolute atomic E-state index is 9.00. The van der Waals surface area contributed by atoms with Gasteiger partial charge >= 0.3 is 0 Å². The molecular weight excluding hydrogens is 236 g/mol. The average molecular weight is 258 g/mol. The minimum atomic E-state index is 0.221. The number of pyridine rings is 1. The van der Waals surface area contributed by atoms with Gasteiger partial charge in [0.1, 0.15) is 0 Å². The maximum Gasteiger partial charge on any atom is 0.0638 e. The third-order valence-corrected chi connectivity index (χ3v) is 3.55. The van der Waals surface area contributed by atoms with E-state index in [0.717, 1.165) is 31.9 Å². The van der Waals surface area contributed by atoms with Crippen LogP contribution in [0.1, 0.15) is 26.0 Å². The van der Waals surface area contributed by atoms with Gasteiger partial charge in [0.05, 0.1) is 18.2 Å². The second kappa shape index (κ2) is 6.14. The molecular formula is C15H22N4. The summed E-state index contributed by atoms with van der Waals surface area (Å²) in [6.45, 7) is 8.21. The smallest absolute Gasteiger partial charge is 0.0638 e. The molecule has 1 saturated heterocycles. The fourth-order valence-corrected chi connectivity index (χ4v) is 2.63. The molecule has 4 heteroatoms. The molecule has 0 amide bonds. The first-order valence-corrected chi connectivity index (χ1v) is 6.82. The van der Waals surface area contributed by atoms with Crippen LogP contribution in [0.5, 0.6) is 0 Å². The van der Waals surface area contributed by atoms with Gasteiger partial charge in [-0.05, 0) is 17.5 Å². The minimum absolute atomic E-state index is 0.221. The van der Waals surface area contributed by atoms with E-state index < -0.39 is 0 Å². The highest BCUT2D eigenvalue weighted by atomic mass is 15.2. The molecule has 0 spiro atoms. The molecule has 102 valence electrons. The lowest BCUT2D eigenvalue weighted by molar-refractivity contribution is 0.149. The monoisotopic (exact) mass is 258 g/mol. The Morgan fingerprint density at radius 2 is 2.37 bits per heavy atom. The van der Waals surface area contributed by atoms with Crippen molar-refractivity contribution in [3.8, 4) is 6.07 Å². The SMILES string of the molecule is CC1(C)CNCC(CC#N)N(Cc2ccccn2)C1. The number of nitrogens with one attached hydrogen (secondary N) is 1. The second-order valence-corrected chi connectivity index (χ2v) is 6.04. The van der Waals surface area contributed by atoms with Crippen LogP contribution in [-0.2, 0) is 6.54 Å². The number of nitrogens with zero attached hydrogens (tertiary/aromatic N) is 3. The first-order chi connectivity index (χ1) is 9.11. The van der Waals surface area contributed by atoms with Gasteiger partial charge < -0.3 is 5.32 Å². The van der Waals surface area contributed by atoms with Crippen molar-refractivity contribution < 1.29 is 0 Å². The number of hydrogen-bond donors (Lipinski definition) is 1. The second-order valence-electron chi connectivity index (χ2n) is 6.04. The van der Waals surface area contributed by atoms with Crippen molar-refractivity contribution in [2.24, 2.45) is 5.41 Å². The van der Waals surface area contributed by atoms with Gasteiger partial charge in [-0.3, -0.25) is 9.88 Å². The first kappa shape index (κ1) is 14.0. The normalized spacial score (nSPS) is 23.5. The number of rotatable bonds is 3. The van der Waals surface area contributed by atoms with E-state index in [1.54, 1.807) is 0 Å². The highest BCUT2D eigenvalue weighted by Gasteiger charge is 2.30. The number of hydrogen-bond acceptors (Lipinski definition) is 4. The third-order valence-electron chi connectivity index (χ3n) is 3.55. The van der Waals surface area contributed by atoms with E-state index in [0.29, 0.717) is 6.42 Å². The Kier molecular flexibility index (Phi) is 4.52. The van der Waals surface area contributed by atoms with Gasteiger partial charge in [0.25, 0.3) is 0 Å². The molecule has 1 N–H and O–H groups in total. The molecule has 2 heterocycles. The molecule has 0 aliphatic carbocycles. The van der Waals surface area contributed by atoms with Crippen LogP contribution in [0, 0.1) is 16.7 Å². The molecule has 0 aromatic carbocycles. The Bertz CT molecular complexity index is 435. The molecule has 1 aliphatic heterocycles. The topological polar surface area (TPSA) is 52.0 Å². The molecule has 1 aromatic rings. The van der Waals surface area contributed by atoms with E-state index in [9.17, 15) is 0 Å². The Balaban J connectivity index is 2.13. The predicted molar refractivity (Wildman–Crippen MR) is 75.3 cm³/mol. The van der Waals surface area contributed by atoms with E-state index in [-0.39, 0.29) is 11.5 Å². The van der Waals surface area contributed by atoms with Crippen LogP contribution in [0.25, 0.3) is 0 Å². The lowest BCUT2D eigenvalue weighted by Gasteiger charge is -2.32. The van der Waals surface area contributed by atoms with Crippen molar-refractivity contribution in [2.75, 3.05) is 19.6 Å². The molecule has 0 saturated carbocycles. The van der Waals surface area contributed by atoms with Gasteiger partial charge in [-0.2, -0.15) is 5.26 Å². The maximum atomic E-state index is 9.00. The van der Waals surface area contributed by atoms with Gasteiger partial charge in [-0.1, -0.05) is 19.9 Å². The van der Waals surface area contributed by atoms with Crippen LogP contribution in [-0.4, -0.2) is 35.6 Å². The molecule has 2 rings (SSSR count). The molecule has 4 nitrogen and oxygen atoms in total. The number of nitriles is 1. The van der Waals surface area contributed by atoms with Crippen molar-refractivity contribution in [3.63, 3.8) is 0 Å². The average Bonchev–Trinajstić information content (AvgIpc) is 2.50. The van der Waals surface area contributed by atoms with Crippen LogP contribution in [0.15, 0.2) is 24.4 Å². The first-order valence-electron chi connectivity index (χ1n) is 6.82. The predicted octanol–water partition coefficient (Wildman–Crippen LogP) is 1.80. The summed E-state index contributed by atoms with van der Waals surface area (Å²) in [6, 6.07) is 8.58. The van der Waals surface area contributed by atoms with E-state index in [1.807, 2.05) is 18.3 Å². The third kappa shape index (κ3) is 4.02. The summed E-state index contributed by atoms with van der Waals surface area (Å²) in [7, 11) is 0. The summed E-state index contributed by atoms with van der Waals surface area (Å²) < 4.78 is 0. The lowest BCUT2D eigenvalue weighted by atomic mass is 9.93. The fourth-order valence-electron chi connectivity index (χ4n) is 2.63. The summed E-state index contributed by atoms with van der Waals surface area (Å²) in [5.74, 6) is 0. The zero-order chi connectivity index (χ0) is 13.7. The summed E-state index contributed by atoms with van der Waals surface area (Å²) in [6.07, 6.45) is 2.39. The highest BCUT2D eigenvalue weighted by Crippen LogP contribution is 2.22. The zero-order valence-corrected chi connectivity index (χ0v) is 11.8. The van der Waals surface area contributed by atoms with E-state index in [4.69, 9.17) is 5.26 Å². The molecule has 0 bridgehead atoms. The molecule has 0 radical (unpaired) electrons. The van der Waals surface area contributed by atoms with Crippen LogP contribution in [0.4, 0.5) is 0 Å². The van der Waals surface area contributed by atoms with Crippen molar-refractivity contribution in [3.05, 3.63) is 30.1 Å². The largest absolute Gasteiger partial charge is 0.315 e. The van der Waals surface area contributed by atoms with Gasteiger partial charge in [-0.25, -0.2) is 0 Å². The standard InChI is InChI=1S/C15H22N4/c1-15(2)11-17-9-14(6-7-16)19(12-15)10-13-5-3-4-8-18-13/h3-5,8,14,17H,6,9-12H2,1-2H3. The Morgan fingerprint density at radius 1 is 1.53 bits per heavy atom. The Morgan fingerprint density at radius 3 is 3.05 bits per heavy atom. The molecule has 19 heavy (non-hydrogen) atoms. The molecule has 1 aliphatic rings. The van der Waals surface area contributed by atoms with Gasteiger partial charge in [0.15, 0.2) is 0 Å². The van der Waals surface area contributed by atoms with Crippen molar-refractivity contribution >= 4 is 0 Å². The quantitative estimate of drug-likeness (QED) is 0.898. The molecule has 1 aromatic heterocycles. The van der Waals surface area contributed by atoms with Crippen molar-refractivity contribution in [1.29, 1.82) is 5.26 Å². The summed E-state index contributed by atoms with van der Waals surface area (Å²) >= 11 is 0. The van der Waals surface area contributed by atoms with E-state index >= 15 is 0 Å². The van der Waals surface area contributed by atoms with Crippen molar-refractivity contribution in [1.82, 2.24) is 15.2 Å². The van der Waals surface area contributed by atoms with E-state index in [1.165, 1.54) is 0 Å². The summed E-state index contributed by atoms with van der Waals surface area (Å²) in [5.41, 5.74) is 1.29. The molecule has 1 unspecified atom stereocenters. The molecule has 1 fully saturated rings. The lowest BCUT2D eigenvalue weighted by Crippen LogP contribution is -2.41. The van der Waals surface area contributed by atoms with Crippen LogP contribution < -0.4 is 5.32 Å². The van der Waals surface area contributed by atoms with E-state index in [2.05, 4.69) is 41.2 Å². The fraction of sp³-hybridized carbons (Fsp3) is 0.600. The van der Waals surface area contributed by atoms with Crippen molar-refractivity contribution in [2.45, 2.75) is 32.9 Å². The Hall–Kier alpha value is -1.44. The Labute approximate surface area is 115 Å². The van der Waals surface area contributed by atoms with Gasteiger partial charge in [0.2, 0.25) is 0 Å². The number of aromatic nitrogens is 1. The minimum Gasteiger partial charge on any atom is -0.315 e. The van der Waals surface area contributed by atoms with Crippen LogP contribution in [0.2, 0.25) is 0 Å². The summed E-state index contributed by atoms with van der Waals surface area (Å²) in [5, 5.41) is 12.5. The van der Waals surface area contributed by atoms with Gasteiger partial charge in [0, 0.05) is 38.4 Å². The molecule has 1 atom stereocenters. The van der Waals surface area contributed by atoms with Crippen LogP contribution in [0.3, 0.4) is 0 Å². The van der Waals surface area contributed by atoms with Crippen LogP contribution >= 0.6 is 0 Å². The summed E-state index contributed by atoms with van der Waals surface area (Å²) in [4.78, 5) is 6.80. The van der Waals surface area contributed by atoms with Gasteiger partial charge in [-0.15, -0.1) is 0 Å². The highest BCUT2D eigenvalue weighted by molar-refractivity contribution is 5.04. The zero-order valence-electron chi connectivity index (χ0n) is 11.8.